The van der Waals surface area contributed by atoms with Gasteiger partial charge < -0.3 is 14.8 Å². The van der Waals surface area contributed by atoms with Gasteiger partial charge in [0.15, 0.2) is 11.5 Å². The second kappa shape index (κ2) is 10.9. The minimum atomic E-state index is -3.80. The first-order chi connectivity index (χ1) is 14.1. The molecule has 0 atom stereocenters. The zero-order valence-electron chi connectivity index (χ0n) is 17.2. The molecule has 0 bridgehead atoms. The maximum atomic E-state index is 12.4. The minimum absolute atomic E-state index is 0.0344. The van der Waals surface area contributed by atoms with Gasteiger partial charge >= 0.3 is 0 Å². The van der Waals surface area contributed by atoms with Gasteiger partial charge in [0, 0.05) is 45.1 Å². The van der Waals surface area contributed by atoms with Gasteiger partial charge in [-0.3, -0.25) is 4.79 Å². The molecular weight excluding hydrogens is 434 g/mol. The fourth-order valence-electron chi connectivity index (χ4n) is 2.82. The first-order valence-corrected chi connectivity index (χ1v) is 13.1. The third-order valence-corrected chi connectivity index (χ3v) is 7.24. The Morgan fingerprint density at radius 3 is 2.47 bits per heavy atom. The topological polar surface area (TPSA) is 131 Å². The van der Waals surface area contributed by atoms with Crippen LogP contribution >= 0.6 is 0 Å². The summed E-state index contributed by atoms with van der Waals surface area (Å²) in [5, 5.41) is 2.66. The molecule has 1 aliphatic heterocycles. The number of fused-ring (bicyclic) bond motifs is 1. The van der Waals surface area contributed by atoms with Crippen molar-refractivity contribution in [1.29, 1.82) is 0 Å². The van der Waals surface area contributed by atoms with Crippen LogP contribution in [0.5, 0.6) is 11.5 Å². The Labute approximate surface area is 178 Å². The summed E-state index contributed by atoms with van der Waals surface area (Å²) in [4.78, 5) is 11.9. The molecular formula is C18H29N3O7S2. The van der Waals surface area contributed by atoms with Crippen LogP contribution in [0.15, 0.2) is 23.1 Å². The van der Waals surface area contributed by atoms with E-state index in [1.54, 1.807) is 13.0 Å². The highest BCUT2D eigenvalue weighted by Gasteiger charge is 2.19. The number of nitrogens with one attached hydrogen (secondary N) is 2. The van der Waals surface area contributed by atoms with E-state index in [9.17, 15) is 21.6 Å². The number of benzene rings is 1. The smallest absolute Gasteiger partial charge is 0.240 e. The molecule has 0 unspecified atom stereocenters. The molecule has 30 heavy (non-hydrogen) atoms. The maximum absolute atomic E-state index is 12.4. The van der Waals surface area contributed by atoms with Crippen molar-refractivity contribution in [2.75, 3.05) is 45.6 Å². The molecule has 1 aliphatic rings. The van der Waals surface area contributed by atoms with Gasteiger partial charge in [0.25, 0.3) is 0 Å². The lowest BCUT2D eigenvalue weighted by molar-refractivity contribution is -0.120. The van der Waals surface area contributed by atoms with Crippen LogP contribution in [0.25, 0.3) is 0 Å². The molecule has 0 fully saturated rings. The van der Waals surface area contributed by atoms with Crippen molar-refractivity contribution in [3.05, 3.63) is 18.2 Å². The van der Waals surface area contributed by atoms with E-state index in [-0.39, 0.29) is 23.8 Å². The monoisotopic (exact) mass is 463 g/mol. The number of carbonyl (C=O) groups is 1. The summed E-state index contributed by atoms with van der Waals surface area (Å²) in [7, 11) is -7.05. The van der Waals surface area contributed by atoms with Crippen molar-refractivity contribution >= 4 is 26.0 Å². The molecule has 1 aromatic carbocycles. The van der Waals surface area contributed by atoms with E-state index >= 15 is 0 Å². The van der Waals surface area contributed by atoms with Gasteiger partial charge in [0.1, 0.15) is 0 Å². The molecule has 1 aromatic rings. The number of hydrogen-bond donors (Lipinski definition) is 2. The Balaban J connectivity index is 1.76. The Morgan fingerprint density at radius 2 is 1.80 bits per heavy atom. The molecule has 2 rings (SSSR count). The van der Waals surface area contributed by atoms with Crippen molar-refractivity contribution in [2.45, 2.75) is 31.1 Å². The molecule has 0 spiro atoms. The summed E-state index contributed by atoms with van der Waals surface area (Å²) in [5.41, 5.74) is 0. The summed E-state index contributed by atoms with van der Waals surface area (Å²) >= 11 is 0. The molecule has 12 heteroatoms. The van der Waals surface area contributed by atoms with Gasteiger partial charge in [-0.25, -0.2) is 25.9 Å². The summed E-state index contributed by atoms with van der Waals surface area (Å²) in [6.45, 7) is 3.63. The number of nitrogens with zero attached hydrogens (tertiary/aromatic N) is 1. The molecule has 0 saturated carbocycles. The SMILES string of the molecule is CCN(CCCNC(=O)CCNS(=O)(=O)c1ccc2c(c1)OCCCO2)S(C)(=O)=O. The highest BCUT2D eigenvalue weighted by Crippen LogP contribution is 2.31. The normalized spacial score (nSPS) is 14.4. The highest BCUT2D eigenvalue weighted by molar-refractivity contribution is 7.89. The predicted octanol–water partition coefficient (Wildman–Crippen LogP) is 0.304. The van der Waals surface area contributed by atoms with Crippen LogP contribution < -0.4 is 19.5 Å². The zero-order chi connectivity index (χ0) is 22.2. The van der Waals surface area contributed by atoms with E-state index in [4.69, 9.17) is 9.47 Å². The van der Waals surface area contributed by atoms with Crippen LogP contribution in [0.1, 0.15) is 26.2 Å². The zero-order valence-corrected chi connectivity index (χ0v) is 18.9. The van der Waals surface area contributed by atoms with Crippen LogP contribution in [0.2, 0.25) is 0 Å². The van der Waals surface area contributed by atoms with Crippen molar-refractivity contribution < 1.29 is 31.1 Å². The Kier molecular flexibility index (Phi) is 8.89. The lowest BCUT2D eigenvalue weighted by Crippen LogP contribution is -2.34. The van der Waals surface area contributed by atoms with Gasteiger partial charge in [-0.1, -0.05) is 6.92 Å². The molecule has 170 valence electrons. The van der Waals surface area contributed by atoms with Crippen LogP contribution in [-0.2, 0) is 24.8 Å². The summed E-state index contributed by atoms with van der Waals surface area (Å²) < 4.78 is 62.6. The largest absolute Gasteiger partial charge is 0.490 e. The quantitative estimate of drug-likeness (QED) is 0.451. The van der Waals surface area contributed by atoms with Gasteiger partial charge in [0.2, 0.25) is 26.0 Å². The number of carbonyl (C=O) groups excluding carboxylic acids is 1. The second-order valence-corrected chi connectivity index (χ2v) is 10.5. The van der Waals surface area contributed by atoms with Crippen LogP contribution in [0.4, 0.5) is 0 Å². The van der Waals surface area contributed by atoms with E-state index in [1.807, 2.05) is 0 Å². The molecule has 1 heterocycles. The average Bonchev–Trinajstić information content (AvgIpc) is 2.91. The Bertz CT molecular complexity index is 933. The maximum Gasteiger partial charge on any atom is 0.240 e. The Morgan fingerprint density at radius 1 is 1.10 bits per heavy atom. The van der Waals surface area contributed by atoms with E-state index < -0.39 is 20.0 Å². The first kappa shape index (κ1) is 24.4. The van der Waals surface area contributed by atoms with E-state index in [0.29, 0.717) is 50.8 Å². The number of rotatable bonds is 11. The van der Waals surface area contributed by atoms with Gasteiger partial charge in [-0.2, -0.15) is 0 Å². The van der Waals surface area contributed by atoms with E-state index in [0.717, 1.165) is 12.7 Å². The van der Waals surface area contributed by atoms with Crippen molar-refractivity contribution in [1.82, 2.24) is 14.3 Å². The van der Waals surface area contributed by atoms with Crippen molar-refractivity contribution in [3.8, 4) is 11.5 Å². The Hall–Kier alpha value is -1.89. The standard InChI is InChI=1S/C18H29N3O7S2/c1-3-21(29(2,23)24)11-4-9-19-18(22)8-10-20-30(25,26)15-6-7-16-17(14-15)28-13-5-12-27-16/h6-7,14,20H,3-5,8-13H2,1-2H3,(H,19,22). The van der Waals surface area contributed by atoms with E-state index in [2.05, 4.69) is 10.0 Å². The lowest BCUT2D eigenvalue weighted by atomic mass is 10.3. The molecule has 0 radical (unpaired) electrons. The fourth-order valence-corrected chi connectivity index (χ4v) is 4.80. The van der Waals surface area contributed by atoms with Gasteiger partial charge in [-0.15, -0.1) is 0 Å². The molecule has 0 aromatic heterocycles. The third-order valence-electron chi connectivity index (χ3n) is 4.40. The van der Waals surface area contributed by atoms with Crippen LogP contribution in [0, 0.1) is 0 Å². The molecule has 0 saturated heterocycles. The number of amides is 1. The van der Waals surface area contributed by atoms with Crippen LogP contribution in [0.3, 0.4) is 0 Å². The molecule has 0 aliphatic carbocycles. The molecule has 2 N–H and O–H groups in total. The summed E-state index contributed by atoms with van der Waals surface area (Å²) in [6.07, 6.45) is 2.29. The first-order valence-electron chi connectivity index (χ1n) is 9.74. The third kappa shape index (κ3) is 7.42. The summed E-state index contributed by atoms with van der Waals surface area (Å²) in [5.74, 6) is 0.561. The number of ether oxygens (including phenoxy) is 2. The van der Waals surface area contributed by atoms with E-state index in [1.165, 1.54) is 16.4 Å². The lowest BCUT2D eigenvalue weighted by Gasteiger charge is -2.17. The number of sulfonamides is 2. The van der Waals surface area contributed by atoms with Crippen molar-refractivity contribution in [2.24, 2.45) is 0 Å². The molecule has 1 amide bonds. The summed E-state index contributed by atoms with van der Waals surface area (Å²) in [6, 6.07) is 4.39. The van der Waals surface area contributed by atoms with Gasteiger partial charge in [-0.05, 0) is 18.6 Å². The predicted molar refractivity (Wildman–Crippen MR) is 112 cm³/mol. The average molecular weight is 464 g/mol. The fraction of sp³-hybridized carbons (Fsp3) is 0.611. The second-order valence-electron chi connectivity index (χ2n) is 6.76. The molecule has 10 nitrogen and oxygen atoms in total. The number of hydrogen-bond acceptors (Lipinski definition) is 7. The minimum Gasteiger partial charge on any atom is -0.490 e. The van der Waals surface area contributed by atoms with Crippen LogP contribution in [-0.4, -0.2) is 72.7 Å². The highest BCUT2D eigenvalue weighted by atomic mass is 32.2. The van der Waals surface area contributed by atoms with Gasteiger partial charge in [0.05, 0.1) is 24.4 Å². The van der Waals surface area contributed by atoms with Crippen molar-refractivity contribution in [3.63, 3.8) is 0 Å².